The number of fused-ring (bicyclic) bond motifs is 3. The molecule has 10 nitrogen and oxygen atoms in total. The number of rotatable bonds is 5. The number of anilines is 1. The summed E-state index contributed by atoms with van der Waals surface area (Å²) in [6, 6.07) is 2.63. The number of pyridine rings is 1. The first-order valence-corrected chi connectivity index (χ1v) is 16.0. The Hall–Kier alpha value is -3.21. The number of halogens is 1. The van der Waals surface area contributed by atoms with Gasteiger partial charge < -0.3 is 14.2 Å². The lowest BCUT2D eigenvalue weighted by Crippen LogP contribution is -2.54. The van der Waals surface area contributed by atoms with Gasteiger partial charge in [0.15, 0.2) is 0 Å². The number of nitrogens with one attached hydrogen (secondary N) is 1. The summed E-state index contributed by atoms with van der Waals surface area (Å²) in [4.78, 5) is 47.2. The highest BCUT2D eigenvalue weighted by Gasteiger charge is 2.47. The van der Waals surface area contributed by atoms with Crippen LogP contribution in [-0.2, 0) is 9.53 Å². The summed E-state index contributed by atoms with van der Waals surface area (Å²) in [6.07, 6.45) is 11.1. The van der Waals surface area contributed by atoms with Gasteiger partial charge in [0.1, 0.15) is 16.9 Å². The number of hydrogen-bond donors (Lipinski definition) is 1. The van der Waals surface area contributed by atoms with E-state index in [0.717, 1.165) is 55.2 Å². The van der Waals surface area contributed by atoms with Crippen molar-refractivity contribution in [2.45, 2.75) is 114 Å². The molecular weight excluding hydrogens is 551 g/mol. The summed E-state index contributed by atoms with van der Waals surface area (Å²) in [6.45, 7) is 7.12. The second kappa shape index (κ2) is 10.5. The smallest absolute Gasteiger partial charge is 0.410 e. The van der Waals surface area contributed by atoms with Gasteiger partial charge in [-0.05, 0) is 76.8 Å². The van der Waals surface area contributed by atoms with Crippen LogP contribution in [0.15, 0.2) is 18.5 Å². The van der Waals surface area contributed by atoms with Crippen LogP contribution in [0.3, 0.4) is 0 Å². The molecule has 1 aliphatic carbocycles. The van der Waals surface area contributed by atoms with Crippen molar-refractivity contribution in [3.63, 3.8) is 0 Å². The summed E-state index contributed by atoms with van der Waals surface area (Å²) >= 11 is 0. The number of piperidine rings is 2. The van der Waals surface area contributed by atoms with Crippen molar-refractivity contribution in [1.82, 2.24) is 24.7 Å². The Bertz CT molecular complexity index is 1430. The van der Waals surface area contributed by atoms with Gasteiger partial charge in [-0.25, -0.2) is 19.0 Å². The van der Waals surface area contributed by atoms with Crippen molar-refractivity contribution in [2.24, 2.45) is 0 Å². The number of likely N-dealkylation sites (tertiary alicyclic amines) is 1. The Balaban J connectivity index is 1.05. The van der Waals surface area contributed by atoms with Crippen LogP contribution in [0.25, 0.3) is 11.0 Å². The zero-order valence-corrected chi connectivity index (χ0v) is 25.5. The van der Waals surface area contributed by atoms with E-state index in [4.69, 9.17) is 9.72 Å². The number of ether oxygens (including phenoxy) is 1. The molecule has 5 aliphatic rings. The highest BCUT2D eigenvalue weighted by molar-refractivity contribution is 6.06. The molecule has 1 unspecified atom stereocenters. The molecule has 2 aromatic rings. The summed E-state index contributed by atoms with van der Waals surface area (Å²) in [7, 11) is 0. The third-order valence-corrected chi connectivity index (χ3v) is 10.1. The van der Waals surface area contributed by atoms with Crippen molar-refractivity contribution in [3.8, 4) is 0 Å². The highest BCUT2D eigenvalue weighted by Crippen LogP contribution is 2.48. The number of amides is 4. The van der Waals surface area contributed by atoms with Gasteiger partial charge in [0.25, 0.3) is 0 Å². The second-order valence-corrected chi connectivity index (χ2v) is 14.4. The third-order valence-electron chi connectivity index (χ3n) is 10.1. The largest absolute Gasteiger partial charge is 0.444 e. The number of carbonyl (C=O) groups is 3. The monoisotopic (exact) mass is 594 g/mol. The maximum atomic E-state index is 16.2. The van der Waals surface area contributed by atoms with Gasteiger partial charge in [-0.3, -0.25) is 19.9 Å². The average molecular weight is 595 g/mol. The SMILES string of the molecule is CC(C)(C)OC(=O)N1CCC(F)(CN2[C@@H]3CC[C@H]2CC(n2cc(C4CC4)c4cc(N5CCC(=O)NC5=O)cnc42)C3)CC1. The Morgan fingerprint density at radius 2 is 1.77 bits per heavy atom. The lowest BCUT2D eigenvalue weighted by molar-refractivity contribution is -0.120. The molecule has 232 valence electrons. The van der Waals surface area contributed by atoms with Crippen LogP contribution >= 0.6 is 0 Å². The van der Waals surface area contributed by atoms with Crippen LogP contribution in [0.1, 0.15) is 96.1 Å². The second-order valence-electron chi connectivity index (χ2n) is 14.4. The van der Waals surface area contributed by atoms with E-state index in [2.05, 4.69) is 27.0 Å². The van der Waals surface area contributed by atoms with Crippen molar-refractivity contribution in [1.29, 1.82) is 0 Å². The quantitative estimate of drug-likeness (QED) is 0.507. The molecule has 5 fully saturated rings. The molecule has 2 aromatic heterocycles. The van der Waals surface area contributed by atoms with E-state index in [1.165, 1.54) is 5.56 Å². The number of nitrogens with zero attached hydrogens (tertiary/aromatic N) is 5. The molecule has 11 heteroatoms. The number of alkyl halides is 1. The lowest BCUT2D eigenvalue weighted by Gasteiger charge is -2.45. The van der Waals surface area contributed by atoms with Crippen LogP contribution in [0.4, 0.5) is 19.7 Å². The fourth-order valence-electron chi connectivity index (χ4n) is 7.73. The van der Waals surface area contributed by atoms with Crippen LogP contribution in [0.2, 0.25) is 0 Å². The number of aromatic nitrogens is 2. The summed E-state index contributed by atoms with van der Waals surface area (Å²) in [5, 5.41) is 3.51. The Morgan fingerprint density at radius 3 is 2.40 bits per heavy atom. The molecule has 6 heterocycles. The van der Waals surface area contributed by atoms with E-state index in [9.17, 15) is 14.4 Å². The molecule has 0 aromatic carbocycles. The third kappa shape index (κ3) is 5.60. The minimum atomic E-state index is -1.30. The fourth-order valence-corrected chi connectivity index (χ4v) is 7.73. The summed E-state index contributed by atoms with van der Waals surface area (Å²) in [5.41, 5.74) is 1.12. The Labute approximate surface area is 251 Å². The maximum Gasteiger partial charge on any atom is 0.410 e. The molecule has 1 saturated carbocycles. The first-order chi connectivity index (χ1) is 20.5. The normalized spacial score (nSPS) is 28.0. The molecule has 7 rings (SSSR count). The van der Waals surface area contributed by atoms with E-state index in [-0.39, 0.29) is 18.4 Å². The molecule has 4 aliphatic heterocycles. The standard InChI is InChI=1S/C32H43FN6O4/c1-31(2,3)43-30(42)36-12-9-32(33,10-13-36)19-39-21-6-7-22(39)15-23(14-21)38-18-26(20-4-5-20)25-16-24(17-34-28(25)38)37-11-8-27(40)35-29(37)41/h16-18,20-23H,4-15,19H2,1-3H3,(H,35,40,41)/t21-,22+,23?. The maximum absolute atomic E-state index is 16.2. The van der Waals surface area contributed by atoms with E-state index < -0.39 is 17.3 Å². The summed E-state index contributed by atoms with van der Waals surface area (Å²) in [5.74, 6) is 0.276. The van der Waals surface area contributed by atoms with Crippen LogP contribution in [0, 0.1) is 0 Å². The van der Waals surface area contributed by atoms with Crippen molar-refractivity contribution in [2.75, 3.05) is 31.1 Å². The van der Waals surface area contributed by atoms with Crippen LogP contribution < -0.4 is 10.2 Å². The first-order valence-electron chi connectivity index (χ1n) is 16.0. The minimum absolute atomic E-state index is 0.244. The van der Waals surface area contributed by atoms with Crippen molar-refractivity contribution >= 4 is 34.8 Å². The van der Waals surface area contributed by atoms with Crippen molar-refractivity contribution < 1.29 is 23.5 Å². The van der Waals surface area contributed by atoms with Gasteiger partial charge in [-0.1, -0.05) is 0 Å². The van der Waals surface area contributed by atoms with E-state index in [1.54, 1.807) is 16.0 Å². The molecule has 0 spiro atoms. The molecule has 2 bridgehead atoms. The Kier molecular flexibility index (Phi) is 6.94. The zero-order chi connectivity index (χ0) is 30.1. The average Bonchev–Trinajstić information content (AvgIpc) is 3.68. The molecule has 4 amide bonds. The van der Waals surface area contributed by atoms with Gasteiger partial charge in [0.05, 0.1) is 11.9 Å². The number of urea groups is 1. The number of carbonyl (C=O) groups excluding carboxylic acids is 3. The predicted molar refractivity (Wildman–Crippen MR) is 160 cm³/mol. The van der Waals surface area contributed by atoms with Gasteiger partial charge >= 0.3 is 12.1 Å². The molecule has 4 saturated heterocycles. The van der Waals surface area contributed by atoms with Gasteiger partial charge in [0.2, 0.25) is 5.91 Å². The van der Waals surface area contributed by atoms with Gasteiger partial charge in [-0.15, -0.1) is 0 Å². The minimum Gasteiger partial charge on any atom is -0.444 e. The highest BCUT2D eigenvalue weighted by atomic mass is 19.1. The lowest BCUT2D eigenvalue weighted by atomic mass is 9.89. The van der Waals surface area contributed by atoms with Gasteiger partial charge in [0, 0.05) is 75.2 Å². The zero-order valence-electron chi connectivity index (χ0n) is 25.5. The topological polar surface area (TPSA) is 100 Å². The van der Waals surface area contributed by atoms with E-state index in [0.29, 0.717) is 63.1 Å². The number of hydrogen-bond acceptors (Lipinski definition) is 6. The first kappa shape index (κ1) is 28.6. The molecular formula is C32H43FN6O4. The van der Waals surface area contributed by atoms with Crippen molar-refractivity contribution in [3.05, 3.63) is 24.0 Å². The van der Waals surface area contributed by atoms with E-state index >= 15 is 4.39 Å². The van der Waals surface area contributed by atoms with Crippen LogP contribution in [0.5, 0.6) is 0 Å². The summed E-state index contributed by atoms with van der Waals surface area (Å²) < 4.78 is 24.1. The predicted octanol–water partition coefficient (Wildman–Crippen LogP) is 5.27. The van der Waals surface area contributed by atoms with Gasteiger partial charge in [-0.2, -0.15) is 0 Å². The number of imide groups is 1. The molecule has 1 N–H and O–H groups in total. The Morgan fingerprint density at radius 1 is 1.07 bits per heavy atom. The molecule has 3 atom stereocenters. The van der Waals surface area contributed by atoms with Crippen LogP contribution in [-0.4, -0.2) is 86.9 Å². The van der Waals surface area contributed by atoms with E-state index in [1.807, 2.05) is 20.8 Å². The fraction of sp³-hybridized carbons (Fsp3) is 0.688. The molecule has 43 heavy (non-hydrogen) atoms. The molecule has 0 radical (unpaired) electrons.